The zero-order valence-corrected chi connectivity index (χ0v) is 19.3. The molecule has 0 N–H and O–H groups in total. The van der Waals surface area contributed by atoms with Gasteiger partial charge in [-0.3, -0.25) is 14.0 Å². The molecule has 0 radical (unpaired) electrons. The monoisotopic (exact) mass is 481 g/mol. The second kappa shape index (κ2) is 8.57. The number of aryl methyl sites for hydroxylation is 1. The van der Waals surface area contributed by atoms with Gasteiger partial charge in [0.15, 0.2) is 11.4 Å². The Labute approximate surface area is 199 Å². The number of hydrogen-bond acceptors (Lipinski definition) is 6. The van der Waals surface area contributed by atoms with Crippen LogP contribution >= 0.6 is 11.6 Å². The van der Waals surface area contributed by atoms with Crippen molar-refractivity contribution in [3.05, 3.63) is 81.0 Å². The Kier molecular flexibility index (Phi) is 5.57. The van der Waals surface area contributed by atoms with Crippen molar-refractivity contribution in [2.45, 2.75) is 13.8 Å². The first kappa shape index (κ1) is 22.1. The van der Waals surface area contributed by atoms with Gasteiger partial charge >= 0.3 is 0 Å². The average molecular weight is 482 g/mol. The Morgan fingerprint density at radius 2 is 1.88 bits per heavy atom. The molecule has 1 aromatic carbocycles. The van der Waals surface area contributed by atoms with Crippen LogP contribution < -0.4 is 10.5 Å². The zero-order chi connectivity index (χ0) is 24.0. The summed E-state index contributed by atoms with van der Waals surface area (Å²) in [6.07, 6.45) is 3.09. The zero-order valence-electron chi connectivity index (χ0n) is 18.6. The first-order valence-electron chi connectivity index (χ1n) is 10.8. The van der Waals surface area contributed by atoms with Gasteiger partial charge in [-0.05, 0) is 44.2 Å². The molecule has 1 aliphatic rings. The van der Waals surface area contributed by atoms with Crippen molar-refractivity contribution >= 4 is 29.0 Å². The lowest BCUT2D eigenvalue weighted by Crippen LogP contribution is -2.49. The summed E-state index contributed by atoms with van der Waals surface area (Å²) >= 11 is 5.94. The quantitative estimate of drug-likeness (QED) is 0.443. The third-order valence-electron chi connectivity index (χ3n) is 6.08. The van der Waals surface area contributed by atoms with Crippen LogP contribution in [0.1, 0.15) is 21.8 Å². The maximum Gasteiger partial charge on any atom is 0.289 e. The van der Waals surface area contributed by atoms with E-state index in [4.69, 9.17) is 21.0 Å². The molecule has 0 unspecified atom stereocenters. The fourth-order valence-electron chi connectivity index (χ4n) is 4.03. The van der Waals surface area contributed by atoms with Crippen LogP contribution in [0.3, 0.4) is 0 Å². The number of halogens is 2. The minimum atomic E-state index is -0.555. The number of carbonyl (C=O) groups excluding carboxylic acids is 1. The van der Waals surface area contributed by atoms with Crippen molar-refractivity contribution in [1.82, 2.24) is 19.3 Å². The van der Waals surface area contributed by atoms with Gasteiger partial charge < -0.3 is 14.2 Å². The summed E-state index contributed by atoms with van der Waals surface area (Å²) in [5, 5.41) is 0.260. The SMILES string of the molecule is Cc1nc2c(-c3ccc(Cl)cc3F)nc(N3CCN(C(=O)c4ccco4)CC3)cn2c(=O)c1C. The molecule has 0 saturated carbocycles. The number of anilines is 1. The highest BCUT2D eigenvalue weighted by Crippen LogP contribution is 2.29. The van der Waals surface area contributed by atoms with Gasteiger partial charge in [-0.15, -0.1) is 0 Å². The van der Waals surface area contributed by atoms with E-state index < -0.39 is 5.82 Å². The number of benzene rings is 1. The summed E-state index contributed by atoms with van der Waals surface area (Å²) in [4.78, 5) is 38.6. The predicted molar refractivity (Wildman–Crippen MR) is 126 cm³/mol. The predicted octanol–water partition coefficient (Wildman–Crippen LogP) is 3.72. The summed E-state index contributed by atoms with van der Waals surface area (Å²) in [7, 11) is 0. The van der Waals surface area contributed by atoms with Gasteiger partial charge in [0.25, 0.3) is 11.5 Å². The molecule has 1 amide bonds. The molecular formula is C24H21ClFN5O3. The lowest BCUT2D eigenvalue weighted by atomic mass is 10.1. The Morgan fingerprint density at radius 3 is 2.56 bits per heavy atom. The molecule has 174 valence electrons. The van der Waals surface area contributed by atoms with Crippen LogP contribution in [0.4, 0.5) is 10.2 Å². The molecule has 34 heavy (non-hydrogen) atoms. The van der Waals surface area contributed by atoms with Crippen LogP contribution in [-0.2, 0) is 0 Å². The Hall–Kier alpha value is -3.72. The Bertz CT molecular complexity index is 1460. The number of fused-ring (bicyclic) bond motifs is 1. The molecule has 0 atom stereocenters. The molecule has 0 bridgehead atoms. The maximum atomic E-state index is 14.9. The molecule has 4 heterocycles. The highest BCUT2D eigenvalue weighted by Gasteiger charge is 2.26. The number of furan rings is 1. The van der Waals surface area contributed by atoms with Crippen LogP contribution in [0.2, 0.25) is 5.02 Å². The topological polar surface area (TPSA) is 84.0 Å². The fraction of sp³-hybridized carbons (Fsp3) is 0.250. The summed E-state index contributed by atoms with van der Waals surface area (Å²) in [6, 6.07) is 7.62. The van der Waals surface area contributed by atoms with Crippen LogP contribution in [-0.4, -0.2) is 51.4 Å². The van der Waals surface area contributed by atoms with Crippen molar-refractivity contribution in [2.24, 2.45) is 0 Å². The van der Waals surface area contributed by atoms with E-state index in [1.54, 1.807) is 43.1 Å². The van der Waals surface area contributed by atoms with Gasteiger partial charge in [-0.1, -0.05) is 11.6 Å². The highest BCUT2D eigenvalue weighted by molar-refractivity contribution is 6.30. The van der Waals surface area contributed by atoms with Gasteiger partial charge in [-0.2, -0.15) is 0 Å². The standard InChI is InChI=1S/C24H21ClFN5O3/c1-14-15(2)27-22-21(17-6-5-16(25)12-18(17)26)28-20(13-31(22)23(14)32)29-7-9-30(10-8-29)24(33)19-4-3-11-34-19/h3-6,11-13H,7-10H2,1-2H3. The Morgan fingerprint density at radius 1 is 1.12 bits per heavy atom. The summed E-state index contributed by atoms with van der Waals surface area (Å²) in [5.74, 6) is 0.0577. The van der Waals surface area contributed by atoms with E-state index in [1.165, 1.54) is 22.8 Å². The Balaban J connectivity index is 1.56. The van der Waals surface area contributed by atoms with Crippen molar-refractivity contribution in [1.29, 1.82) is 0 Å². The van der Waals surface area contributed by atoms with Crippen molar-refractivity contribution in [3.8, 4) is 11.3 Å². The molecule has 4 aromatic rings. The van der Waals surface area contributed by atoms with Crippen LogP contribution in [0, 0.1) is 19.7 Å². The van der Waals surface area contributed by atoms with E-state index in [0.717, 1.165) is 0 Å². The van der Waals surface area contributed by atoms with E-state index in [1.807, 2.05) is 4.90 Å². The summed E-state index contributed by atoms with van der Waals surface area (Å²) in [5.41, 5.74) is 1.54. The summed E-state index contributed by atoms with van der Waals surface area (Å²) < 4.78 is 21.5. The smallest absolute Gasteiger partial charge is 0.289 e. The van der Waals surface area contributed by atoms with Gasteiger partial charge in [0.2, 0.25) is 0 Å². The molecule has 1 aliphatic heterocycles. The van der Waals surface area contributed by atoms with Crippen molar-refractivity contribution < 1.29 is 13.6 Å². The van der Waals surface area contributed by atoms with Crippen LogP contribution in [0.15, 0.2) is 52.0 Å². The van der Waals surface area contributed by atoms with Gasteiger partial charge in [-0.25, -0.2) is 14.4 Å². The highest BCUT2D eigenvalue weighted by atomic mass is 35.5. The van der Waals surface area contributed by atoms with Crippen molar-refractivity contribution in [3.63, 3.8) is 0 Å². The minimum Gasteiger partial charge on any atom is -0.459 e. The van der Waals surface area contributed by atoms with Gasteiger partial charge in [0.1, 0.15) is 17.3 Å². The van der Waals surface area contributed by atoms with Crippen LogP contribution in [0.5, 0.6) is 0 Å². The van der Waals surface area contributed by atoms with E-state index in [-0.39, 0.29) is 33.4 Å². The fourth-order valence-corrected chi connectivity index (χ4v) is 4.19. The minimum absolute atomic E-state index is 0.174. The van der Waals surface area contributed by atoms with E-state index >= 15 is 0 Å². The number of nitrogens with zero attached hydrogens (tertiary/aromatic N) is 5. The normalized spacial score (nSPS) is 14.1. The van der Waals surface area contributed by atoms with Crippen molar-refractivity contribution in [2.75, 3.05) is 31.1 Å². The lowest BCUT2D eigenvalue weighted by molar-refractivity contribution is 0.0714. The van der Waals surface area contributed by atoms with E-state index in [9.17, 15) is 14.0 Å². The number of piperazine rings is 1. The van der Waals surface area contributed by atoms with Gasteiger partial charge in [0.05, 0.1) is 12.5 Å². The molecule has 3 aromatic heterocycles. The van der Waals surface area contributed by atoms with E-state index in [0.29, 0.717) is 49.0 Å². The molecule has 8 nitrogen and oxygen atoms in total. The molecule has 1 fully saturated rings. The van der Waals surface area contributed by atoms with Crippen LogP contribution in [0.25, 0.3) is 16.9 Å². The molecule has 1 saturated heterocycles. The molecule has 0 aliphatic carbocycles. The average Bonchev–Trinajstić information content (AvgIpc) is 3.37. The second-order valence-corrected chi connectivity index (χ2v) is 8.59. The maximum absolute atomic E-state index is 14.9. The number of hydrogen-bond donors (Lipinski definition) is 0. The largest absolute Gasteiger partial charge is 0.459 e. The van der Waals surface area contributed by atoms with Gasteiger partial charge in [0, 0.05) is 48.0 Å². The lowest BCUT2D eigenvalue weighted by Gasteiger charge is -2.35. The molecule has 10 heteroatoms. The number of rotatable bonds is 3. The molecule has 0 spiro atoms. The second-order valence-electron chi connectivity index (χ2n) is 8.15. The number of amides is 1. The third kappa shape index (κ3) is 3.81. The number of aromatic nitrogens is 3. The first-order chi connectivity index (χ1) is 16.3. The molecular weight excluding hydrogens is 461 g/mol. The number of carbonyl (C=O) groups is 1. The first-order valence-corrected chi connectivity index (χ1v) is 11.1. The molecule has 5 rings (SSSR count). The van der Waals surface area contributed by atoms with E-state index in [2.05, 4.69) is 4.98 Å². The summed E-state index contributed by atoms with van der Waals surface area (Å²) in [6.45, 7) is 5.32. The third-order valence-corrected chi connectivity index (χ3v) is 6.31.